The van der Waals surface area contributed by atoms with E-state index in [0.717, 1.165) is 40.9 Å². The Morgan fingerprint density at radius 2 is 1.88 bits per heavy atom. The minimum atomic E-state index is 0.420. The normalized spacial score (nSPS) is 11.2. The molecule has 0 aliphatic carbocycles. The van der Waals surface area contributed by atoms with Gasteiger partial charge in [-0.15, -0.1) is 0 Å². The number of aryl methyl sites for hydroxylation is 1. The summed E-state index contributed by atoms with van der Waals surface area (Å²) >= 11 is 0. The van der Waals surface area contributed by atoms with Gasteiger partial charge in [-0.05, 0) is 60.5 Å². The van der Waals surface area contributed by atoms with Crippen molar-refractivity contribution in [2.24, 2.45) is 0 Å². The van der Waals surface area contributed by atoms with Crippen molar-refractivity contribution in [2.45, 2.75) is 19.8 Å². The van der Waals surface area contributed by atoms with Gasteiger partial charge in [0.2, 0.25) is 0 Å². The quantitative estimate of drug-likeness (QED) is 0.561. The highest BCUT2D eigenvalue weighted by Gasteiger charge is 2.14. The number of benzene rings is 2. The zero-order valence-corrected chi connectivity index (χ0v) is 14.9. The molecule has 0 aliphatic rings. The van der Waals surface area contributed by atoms with E-state index in [1.54, 1.807) is 7.11 Å². The first kappa shape index (κ1) is 16.3. The highest BCUT2D eigenvalue weighted by Crippen LogP contribution is 2.31. The third-order valence-electron chi connectivity index (χ3n) is 4.60. The van der Waals surface area contributed by atoms with Crippen LogP contribution in [0.25, 0.3) is 27.9 Å². The lowest BCUT2D eigenvalue weighted by molar-refractivity contribution is 0.415. The lowest BCUT2D eigenvalue weighted by Gasteiger charge is -2.14. The molecule has 5 heteroatoms. The fraction of sp³-hybridized carbons (Fsp3) is 0.190. The summed E-state index contributed by atoms with van der Waals surface area (Å²) in [7, 11) is 1.68. The average Bonchev–Trinajstić information content (AvgIpc) is 3.26. The molecule has 0 saturated heterocycles. The van der Waals surface area contributed by atoms with Gasteiger partial charge in [0, 0.05) is 17.4 Å². The minimum absolute atomic E-state index is 0.420. The number of aromatic nitrogens is 2. The molecular formula is C21H21N3O2. The van der Waals surface area contributed by atoms with Gasteiger partial charge >= 0.3 is 0 Å². The Morgan fingerprint density at radius 3 is 2.62 bits per heavy atom. The van der Waals surface area contributed by atoms with Gasteiger partial charge in [-0.2, -0.15) is 0 Å². The van der Waals surface area contributed by atoms with Gasteiger partial charge in [-0.25, -0.2) is 0 Å². The van der Waals surface area contributed by atoms with Gasteiger partial charge < -0.3 is 19.6 Å². The van der Waals surface area contributed by atoms with E-state index < -0.39 is 0 Å². The first-order valence-corrected chi connectivity index (χ1v) is 8.71. The Bertz CT molecular complexity index is 1050. The zero-order valence-electron chi connectivity index (χ0n) is 14.9. The summed E-state index contributed by atoms with van der Waals surface area (Å²) in [6.07, 6.45) is 2.07. The van der Waals surface area contributed by atoms with E-state index >= 15 is 0 Å². The fourth-order valence-corrected chi connectivity index (χ4v) is 3.31. The molecule has 0 radical (unpaired) electrons. The largest absolute Gasteiger partial charge is 0.497 e. The highest BCUT2D eigenvalue weighted by atomic mass is 16.5. The number of ether oxygens (including phenoxy) is 1. The van der Waals surface area contributed by atoms with Crippen LogP contribution in [0.15, 0.2) is 59.1 Å². The van der Waals surface area contributed by atoms with E-state index in [0.29, 0.717) is 11.4 Å². The summed E-state index contributed by atoms with van der Waals surface area (Å²) in [5.41, 5.74) is 11.1. The molecule has 0 bridgehead atoms. The molecule has 132 valence electrons. The molecule has 0 spiro atoms. The first-order chi connectivity index (χ1) is 12.7. The fourth-order valence-electron chi connectivity index (χ4n) is 3.31. The molecule has 0 aliphatic heterocycles. The van der Waals surface area contributed by atoms with Crippen LogP contribution in [0.3, 0.4) is 0 Å². The van der Waals surface area contributed by atoms with Gasteiger partial charge in [0.05, 0.1) is 18.2 Å². The molecule has 2 heterocycles. The molecule has 2 aromatic heterocycles. The summed E-state index contributed by atoms with van der Waals surface area (Å²) in [6, 6.07) is 18.5. The number of nitrogen functional groups attached to an aromatic ring is 1. The van der Waals surface area contributed by atoms with Crippen molar-refractivity contribution in [3.8, 4) is 22.7 Å². The van der Waals surface area contributed by atoms with Crippen molar-refractivity contribution in [1.82, 2.24) is 9.72 Å². The molecular weight excluding hydrogens is 326 g/mol. The molecule has 0 saturated carbocycles. The van der Waals surface area contributed by atoms with Crippen LogP contribution in [0.2, 0.25) is 0 Å². The molecule has 0 unspecified atom stereocenters. The van der Waals surface area contributed by atoms with Crippen LogP contribution < -0.4 is 10.5 Å². The number of hydrogen-bond donors (Lipinski definition) is 1. The van der Waals surface area contributed by atoms with Crippen molar-refractivity contribution in [3.05, 3.63) is 60.3 Å². The Kier molecular flexibility index (Phi) is 4.13. The number of fused-ring (bicyclic) bond motifs is 1. The van der Waals surface area contributed by atoms with E-state index in [9.17, 15) is 0 Å². The van der Waals surface area contributed by atoms with Crippen LogP contribution in [-0.4, -0.2) is 16.8 Å². The van der Waals surface area contributed by atoms with Crippen LogP contribution in [0.1, 0.15) is 19.0 Å². The molecule has 0 amide bonds. The van der Waals surface area contributed by atoms with Crippen LogP contribution in [0.4, 0.5) is 5.82 Å². The van der Waals surface area contributed by atoms with E-state index in [4.69, 9.17) is 15.0 Å². The Hall–Kier alpha value is -3.21. The van der Waals surface area contributed by atoms with Crippen molar-refractivity contribution < 1.29 is 9.26 Å². The predicted molar refractivity (Wildman–Crippen MR) is 104 cm³/mol. The van der Waals surface area contributed by atoms with E-state index in [1.807, 2.05) is 24.3 Å². The molecule has 2 aromatic carbocycles. The predicted octanol–water partition coefficient (Wildman–Crippen LogP) is 4.83. The summed E-state index contributed by atoms with van der Waals surface area (Å²) in [4.78, 5) is 0. The van der Waals surface area contributed by atoms with E-state index in [-0.39, 0.29) is 0 Å². The third kappa shape index (κ3) is 2.71. The number of hydrogen-bond acceptors (Lipinski definition) is 4. The lowest BCUT2D eigenvalue weighted by atomic mass is 10.1. The number of rotatable bonds is 5. The maximum Gasteiger partial charge on any atom is 0.174 e. The summed E-state index contributed by atoms with van der Waals surface area (Å²) < 4.78 is 12.9. The van der Waals surface area contributed by atoms with E-state index in [2.05, 4.69) is 47.0 Å². The maximum atomic E-state index is 5.85. The van der Waals surface area contributed by atoms with Crippen molar-refractivity contribution in [1.29, 1.82) is 0 Å². The molecule has 5 nitrogen and oxygen atoms in total. The molecule has 0 atom stereocenters. The van der Waals surface area contributed by atoms with Crippen LogP contribution in [-0.2, 0) is 6.42 Å². The van der Waals surface area contributed by atoms with Crippen LogP contribution in [0, 0.1) is 0 Å². The summed E-state index contributed by atoms with van der Waals surface area (Å²) in [5.74, 6) is 1.27. The smallest absolute Gasteiger partial charge is 0.174 e. The van der Waals surface area contributed by atoms with Crippen molar-refractivity contribution >= 4 is 16.8 Å². The topological polar surface area (TPSA) is 66.2 Å². The standard InChI is InChI=1S/C21H21N3O2/c1-3-4-15-8-12-19(14-5-9-17(25-2)10-6-14)24(15)16-7-11-18-20(13-16)26-23-21(18)22/h5-13H,3-4H2,1-2H3,(H2,22,23). The number of nitrogens with two attached hydrogens (primary N) is 1. The molecule has 0 fully saturated rings. The van der Waals surface area contributed by atoms with Crippen LogP contribution in [0.5, 0.6) is 5.75 Å². The lowest BCUT2D eigenvalue weighted by Crippen LogP contribution is -2.02. The first-order valence-electron chi connectivity index (χ1n) is 8.71. The van der Waals surface area contributed by atoms with Gasteiger partial charge in [0.15, 0.2) is 11.4 Å². The van der Waals surface area contributed by atoms with Gasteiger partial charge in [0.1, 0.15) is 5.75 Å². The second-order valence-corrected chi connectivity index (χ2v) is 6.27. The van der Waals surface area contributed by atoms with Crippen molar-refractivity contribution in [3.63, 3.8) is 0 Å². The molecule has 4 rings (SSSR count). The molecule has 26 heavy (non-hydrogen) atoms. The SMILES string of the molecule is CCCc1ccc(-c2ccc(OC)cc2)n1-c1ccc2c(N)noc2c1. The Morgan fingerprint density at radius 1 is 1.08 bits per heavy atom. The van der Waals surface area contributed by atoms with Crippen molar-refractivity contribution in [2.75, 3.05) is 12.8 Å². The summed E-state index contributed by atoms with van der Waals surface area (Å²) in [6.45, 7) is 2.19. The Balaban J connectivity index is 1.87. The number of anilines is 1. The highest BCUT2D eigenvalue weighted by molar-refractivity contribution is 5.88. The molecule has 4 aromatic rings. The van der Waals surface area contributed by atoms with E-state index in [1.165, 1.54) is 5.69 Å². The number of nitrogens with zero attached hydrogens (tertiary/aromatic N) is 2. The average molecular weight is 347 g/mol. The second kappa shape index (κ2) is 6.59. The molecule has 2 N–H and O–H groups in total. The minimum Gasteiger partial charge on any atom is -0.497 e. The Labute approximate surface area is 152 Å². The van der Waals surface area contributed by atoms with Crippen LogP contribution >= 0.6 is 0 Å². The van der Waals surface area contributed by atoms with Gasteiger partial charge in [0.25, 0.3) is 0 Å². The maximum absolute atomic E-state index is 5.85. The monoisotopic (exact) mass is 347 g/mol. The van der Waals surface area contributed by atoms with Gasteiger partial charge in [-0.3, -0.25) is 0 Å². The van der Waals surface area contributed by atoms with Gasteiger partial charge in [-0.1, -0.05) is 18.5 Å². The third-order valence-corrected chi connectivity index (χ3v) is 4.60. The number of methoxy groups -OCH3 is 1. The zero-order chi connectivity index (χ0) is 18.1. The second-order valence-electron chi connectivity index (χ2n) is 6.27. The summed E-state index contributed by atoms with van der Waals surface area (Å²) in [5, 5.41) is 4.69.